The summed E-state index contributed by atoms with van der Waals surface area (Å²) in [7, 11) is -0.0989. The molecule has 2 N–H and O–H groups in total. The van der Waals surface area contributed by atoms with Crippen LogP contribution in [0.15, 0.2) is 23.1 Å². The van der Waals surface area contributed by atoms with Gasteiger partial charge >= 0.3 is 0 Å². The van der Waals surface area contributed by atoms with Crippen molar-refractivity contribution in [2.45, 2.75) is 37.8 Å². The SMILES string of the molecule is CCN(CC)S(=O)(=O)c1cc([N+](=O)[O-])ccc1CCC(N)N(C)C.Cl. The van der Waals surface area contributed by atoms with E-state index in [2.05, 4.69) is 0 Å². The molecule has 0 radical (unpaired) electrons. The van der Waals surface area contributed by atoms with Gasteiger partial charge < -0.3 is 5.73 Å². The molecule has 0 aliphatic carbocycles. The monoisotopic (exact) mass is 394 g/mol. The highest BCUT2D eigenvalue weighted by Gasteiger charge is 2.27. The van der Waals surface area contributed by atoms with E-state index in [1.807, 2.05) is 19.0 Å². The van der Waals surface area contributed by atoms with Gasteiger partial charge in [-0.3, -0.25) is 15.0 Å². The van der Waals surface area contributed by atoms with Crippen LogP contribution in [0.25, 0.3) is 0 Å². The zero-order chi connectivity index (χ0) is 18.5. The lowest BCUT2D eigenvalue weighted by Gasteiger charge is -2.22. The standard InChI is InChI=1S/C15H26N4O4S.ClH/c1-5-18(6-2)24(22,23)14-11-13(19(20)21)9-7-12(14)8-10-15(16)17(3)4;/h7,9,11,15H,5-6,8,10,16H2,1-4H3;1H. The third kappa shape index (κ3) is 5.89. The Hall–Kier alpha value is -1.26. The van der Waals surface area contributed by atoms with Crippen LogP contribution in [0.2, 0.25) is 0 Å². The van der Waals surface area contributed by atoms with Crippen LogP contribution in [0.5, 0.6) is 0 Å². The van der Waals surface area contributed by atoms with Crippen LogP contribution < -0.4 is 5.73 Å². The summed E-state index contributed by atoms with van der Waals surface area (Å²) < 4.78 is 27.0. The minimum Gasteiger partial charge on any atom is -0.316 e. The summed E-state index contributed by atoms with van der Waals surface area (Å²) in [4.78, 5) is 12.3. The molecule has 0 aliphatic rings. The van der Waals surface area contributed by atoms with Crippen molar-refractivity contribution >= 4 is 28.1 Å². The Kier molecular flexibility index (Phi) is 9.52. The first-order valence-corrected chi connectivity index (χ1v) is 9.28. The summed E-state index contributed by atoms with van der Waals surface area (Å²) in [5.74, 6) is 0. The molecule has 1 unspecified atom stereocenters. The smallest absolute Gasteiger partial charge is 0.270 e. The summed E-state index contributed by atoms with van der Waals surface area (Å²) in [5, 5.41) is 11.0. The second kappa shape index (κ2) is 10.0. The van der Waals surface area contributed by atoms with Gasteiger partial charge in [-0.2, -0.15) is 4.31 Å². The van der Waals surface area contributed by atoms with Crippen molar-refractivity contribution < 1.29 is 13.3 Å². The predicted octanol–water partition coefficient (Wildman–Crippen LogP) is 1.83. The molecule has 0 bridgehead atoms. The molecular weight excluding hydrogens is 368 g/mol. The number of aryl methyl sites for hydroxylation is 1. The fourth-order valence-electron chi connectivity index (χ4n) is 2.37. The lowest BCUT2D eigenvalue weighted by molar-refractivity contribution is -0.385. The first-order chi connectivity index (χ1) is 11.1. The fraction of sp³-hybridized carbons (Fsp3) is 0.600. The maximum Gasteiger partial charge on any atom is 0.270 e. The van der Waals surface area contributed by atoms with Crippen molar-refractivity contribution in [3.63, 3.8) is 0 Å². The first kappa shape index (κ1) is 23.7. The van der Waals surface area contributed by atoms with E-state index in [4.69, 9.17) is 5.73 Å². The maximum absolute atomic E-state index is 12.8. The molecule has 1 atom stereocenters. The molecular formula is C15H27ClN4O4S. The lowest BCUT2D eigenvalue weighted by Crippen LogP contribution is -2.36. The quantitative estimate of drug-likeness (QED) is 0.388. The number of hydrogen-bond acceptors (Lipinski definition) is 6. The number of non-ortho nitro benzene ring substituents is 1. The van der Waals surface area contributed by atoms with Crippen LogP contribution >= 0.6 is 12.4 Å². The molecule has 144 valence electrons. The number of nitro groups is 1. The van der Waals surface area contributed by atoms with Gasteiger partial charge in [-0.25, -0.2) is 8.42 Å². The van der Waals surface area contributed by atoms with Crippen molar-refractivity contribution in [2.24, 2.45) is 5.73 Å². The zero-order valence-corrected chi connectivity index (χ0v) is 16.6. The molecule has 0 saturated heterocycles. The number of nitrogens with two attached hydrogens (primary N) is 1. The van der Waals surface area contributed by atoms with Gasteiger partial charge in [0, 0.05) is 25.2 Å². The number of nitro benzene ring substituents is 1. The Morgan fingerprint density at radius 2 is 1.80 bits per heavy atom. The molecule has 8 nitrogen and oxygen atoms in total. The fourth-order valence-corrected chi connectivity index (χ4v) is 4.10. The van der Waals surface area contributed by atoms with Gasteiger partial charge in [-0.15, -0.1) is 12.4 Å². The number of nitrogens with zero attached hydrogens (tertiary/aromatic N) is 3. The van der Waals surface area contributed by atoms with Gasteiger partial charge in [0.1, 0.15) is 0 Å². The molecule has 0 aliphatic heterocycles. The Morgan fingerprint density at radius 1 is 1.24 bits per heavy atom. The zero-order valence-electron chi connectivity index (χ0n) is 15.0. The Labute approximate surface area is 155 Å². The van der Waals surface area contributed by atoms with Gasteiger partial charge in [0.2, 0.25) is 10.0 Å². The van der Waals surface area contributed by atoms with Crippen LogP contribution in [0, 0.1) is 10.1 Å². The second-order valence-electron chi connectivity index (χ2n) is 5.71. The average Bonchev–Trinajstić information content (AvgIpc) is 2.52. The van der Waals surface area contributed by atoms with E-state index in [-0.39, 0.29) is 29.2 Å². The van der Waals surface area contributed by atoms with E-state index in [9.17, 15) is 18.5 Å². The third-order valence-corrected chi connectivity index (χ3v) is 6.09. The Morgan fingerprint density at radius 3 is 2.24 bits per heavy atom. The van der Waals surface area contributed by atoms with Crippen LogP contribution in [0.1, 0.15) is 25.8 Å². The lowest BCUT2D eigenvalue weighted by atomic mass is 10.1. The predicted molar refractivity (Wildman–Crippen MR) is 100 cm³/mol. The highest BCUT2D eigenvalue weighted by atomic mass is 35.5. The third-order valence-electron chi connectivity index (χ3n) is 3.96. The molecule has 0 aromatic heterocycles. The second-order valence-corrected chi connectivity index (χ2v) is 7.61. The summed E-state index contributed by atoms with van der Waals surface area (Å²) in [5.41, 5.74) is 6.28. The summed E-state index contributed by atoms with van der Waals surface area (Å²) in [6.07, 6.45) is 0.753. The van der Waals surface area contributed by atoms with Gasteiger partial charge in [-0.1, -0.05) is 19.9 Å². The highest BCUT2D eigenvalue weighted by molar-refractivity contribution is 7.89. The van der Waals surface area contributed by atoms with Crippen LogP contribution in [-0.4, -0.2) is 55.9 Å². The van der Waals surface area contributed by atoms with E-state index in [1.165, 1.54) is 16.4 Å². The first-order valence-electron chi connectivity index (χ1n) is 7.84. The van der Waals surface area contributed by atoms with Crippen molar-refractivity contribution in [1.29, 1.82) is 0 Å². The van der Waals surface area contributed by atoms with Crippen LogP contribution in [0.4, 0.5) is 5.69 Å². The Bertz CT molecular complexity index is 678. The van der Waals surface area contributed by atoms with E-state index in [1.54, 1.807) is 13.8 Å². The van der Waals surface area contributed by atoms with Gasteiger partial charge in [-0.05, 0) is 32.5 Å². The van der Waals surface area contributed by atoms with Crippen LogP contribution in [-0.2, 0) is 16.4 Å². The Balaban J connectivity index is 0.00000576. The molecule has 0 heterocycles. The van der Waals surface area contributed by atoms with E-state index < -0.39 is 14.9 Å². The summed E-state index contributed by atoms with van der Waals surface area (Å²) >= 11 is 0. The van der Waals surface area contributed by atoms with Crippen molar-refractivity contribution in [2.75, 3.05) is 27.2 Å². The minimum absolute atomic E-state index is 0. The van der Waals surface area contributed by atoms with Gasteiger partial charge in [0.25, 0.3) is 5.69 Å². The molecule has 25 heavy (non-hydrogen) atoms. The molecule has 1 aromatic rings. The van der Waals surface area contributed by atoms with Gasteiger partial charge in [0.15, 0.2) is 0 Å². The molecule has 0 spiro atoms. The summed E-state index contributed by atoms with van der Waals surface area (Å²) in [6, 6.07) is 3.98. The molecule has 0 amide bonds. The largest absolute Gasteiger partial charge is 0.316 e. The highest BCUT2D eigenvalue weighted by Crippen LogP contribution is 2.26. The molecule has 1 aromatic carbocycles. The molecule has 1 rings (SSSR count). The number of hydrogen-bond donors (Lipinski definition) is 1. The molecule has 10 heteroatoms. The average molecular weight is 395 g/mol. The minimum atomic E-state index is -3.78. The van der Waals surface area contributed by atoms with E-state index >= 15 is 0 Å². The van der Waals surface area contributed by atoms with E-state index in [0.717, 1.165) is 6.07 Å². The van der Waals surface area contributed by atoms with Crippen molar-refractivity contribution in [3.05, 3.63) is 33.9 Å². The van der Waals surface area contributed by atoms with Gasteiger partial charge in [0.05, 0.1) is 16.0 Å². The normalized spacial score (nSPS) is 12.9. The van der Waals surface area contributed by atoms with E-state index in [0.29, 0.717) is 31.5 Å². The summed E-state index contributed by atoms with van der Waals surface area (Å²) in [6.45, 7) is 4.08. The maximum atomic E-state index is 12.8. The number of rotatable bonds is 9. The van der Waals surface area contributed by atoms with Crippen molar-refractivity contribution in [1.82, 2.24) is 9.21 Å². The van der Waals surface area contributed by atoms with Crippen LogP contribution in [0.3, 0.4) is 0 Å². The molecule has 0 saturated carbocycles. The number of sulfonamides is 1. The van der Waals surface area contributed by atoms with Crippen molar-refractivity contribution in [3.8, 4) is 0 Å². The molecule has 0 fully saturated rings. The number of halogens is 1. The number of benzene rings is 1. The topological polar surface area (TPSA) is 110 Å².